The molecule has 0 radical (unpaired) electrons. The van der Waals surface area contributed by atoms with Crippen molar-refractivity contribution in [3.8, 4) is 0 Å². The van der Waals surface area contributed by atoms with Gasteiger partial charge in [0.1, 0.15) is 0 Å². The zero-order valence-corrected chi connectivity index (χ0v) is 10.7. The number of likely N-dealkylation sites (N-methyl/N-ethyl adjacent to an activating group) is 1. The highest BCUT2D eigenvalue weighted by Crippen LogP contribution is 2.26. The van der Waals surface area contributed by atoms with Gasteiger partial charge in [0.2, 0.25) is 0 Å². The number of nitrogens with zero attached hydrogens (tertiary/aromatic N) is 1. The molecule has 0 spiro atoms. The fraction of sp³-hybridized carbons (Fsp3) is 1.00. The Labute approximate surface area is 99.5 Å². The molecule has 0 aromatic heterocycles. The Bertz CT molecular complexity index is 208. The molecular formula is C13H26N2O. The molecule has 3 unspecified atom stereocenters. The van der Waals surface area contributed by atoms with Crippen LogP contribution >= 0.6 is 0 Å². The molecule has 2 saturated heterocycles. The molecule has 2 heterocycles. The molecule has 0 amide bonds. The number of nitrogens with one attached hydrogen (secondary N) is 1. The number of rotatable bonds is 4. The maximum Gasteiger partial charge on any atom is 0.0637 e. The molecular weight excluding hydrogens is 200 g/mol. The van der Waals surface area contributed by atoms with Crippen molar-refractivity contribution in [2.24, 2.45) is 0 Å². The molecule has 0 saturated carbocycles. The minimum absolute atomic E-state index is 0.612. The van der Waals surface area contributed by atoms with Gasteiger partial charge in [-0.1, -0.05) is 13.8 Å². The second-order valence-corrected chi connectivity index (χ2v) is 5.04. The molecule has 16 heavy (non-hydrogen) atoms. The molecule has 2 aliphatic heterocycles. The quantitative estimate of drug-likeness (QED) is 0.788. The predicted molar refractivity (Wildman–Crippen MR) is 66.7 cm³/mol. The van der Waals surface area contributed by atoms with Crippen molar-refractivity contribution >= 4 is 0 Å². The van der Waals surface area contributed by atoms with Gasteiger partial charge in [-0.05, 0) is 38.8 Å². The molecule has 2 rings (SSSR count). The summed E-state index contributed by atoms with van der Waals surface area (Å²) in [7, 11) is 0. The summed E-state index contributed by atoms with van der Waals surface area (Å²) in [5, 5.41) is 3.63. The van der Waals surface area contributed by atoms with E-state index < -0.39 is 0 Å². The maximum atomic E-state index is 5.68. The van der Waals surface area contributed by atoms with E-state index in [1.807, 2.05) is 0 Å². The van der Waals surface area contributed by atoms with E-state index in [0.29, 0.717) is 12.1 Å². The normalized spacial score (nSPS) is 36.8. The van der Waals surface area contributed by atoms with Gasteiger partial charge in [-0.15, -0.1) is 0 Å². The Morgan fingerprint density at radius 1 is 1.31 bits per heavy atom. The van der Waals surface area contributed by atoms with Crippen LogP contribution in [-0.2, 0) is 4.74 Å². The van der Waals surface area contributed by atoms with Gasteiger partial charge in [-0.3, -0.25) is 4.90 Å². The molecule has 3 nitrogen and oxygen atoms in total. The summed E-state index contributed by atoms with van der Waals surface area (Å²) in [6.45, 7) is 8.72. The van der Waals surface area contributed by atoms with Crippen LogP contribution in [0.1, 0.15) is 39.5 Å². The smallest absolute Gasteiger partial charge is 0.0637 e. The van der Waals surface area contributed by atoms with Crippen LogP contribution < -0.4 is 5.32 Å². The summed E-state index contributed by atoms with van der Waals surface area (Å²) in [5.74, 6) is 0. The lowest BCUT2D eigenvalue weighted by atomic mass is 10.00. The third-order valence-electron chi connectivity index (χ3n) is 4.11. The first kappa shape index (κ1) is 12.3. The van der Waals surface area contributed by atoms with E-state index in [1.54, 1.807) is 0 Å². The van der Waals surface area contributed by atoms with E-state index in [4.69, 9.17) is 4.74 Å². The first-order valence-corrected chi connectivity index (χ1v) is 6.93. The van der Waals surface area contributed by atoms with Gasteiger partial charge in [-0.25, -0.2) is 0 Å². The summed E-state index contributed by atoms with van der Waals surface area (Å²) >= 11 is 0. The Kier molecular flexibility index (Phi) is 4.62. The van der Waals surface area contributed by atoms with Gasteiger partial charge in [0, 0.05) is 24.7 Å². The molecule has 94 valence electrons. The summed E-state index contributed by atoms with van der Waals surface area (Å²) in [6, 6.07) is 2.06. The molecule has 2 aliphatic rings. The van der Waals surface area contributed by atoms with Crippen LogP contribution in [0.2, 0.25) is 0 Å². The van der Waals surface area contributed by atoms with E-state index in [0.717, 1.165) is 25.8 Å². The summed E-state index contributed by atoms with van der Waals surface area (Å²) < 4.78 is 5.68. The third-order valence-corrected chi connectivity index (χ3v) is 4.11. The molecule has 0 aliphatic carbocycles. The van der Waals surface area contributed by atoms with Crippen LogP contribution in [0, 0.1) is 0 Å². The van der Waals surface area contributed by atoms with Gasteiger partial charge in [-0.2, -0.15) is 0 Å². The highest BCUT2D eigenvalue weighted by Gasteiger charge is 2.35. The Balaban J connectivity index is 1.98. The molecule has 3 atom stereocenters. The molecule has 0 bridgehead atoms. The largest absolute Gasteiger partial charge is 0.380 e. The summed E-state index contributed by atoms with van der Waals surface area (Å²) in [4.78, 5) is 2.70. The van der Waals surface area contributed by atoms with Crippen LogP contribution in [0.5, 0.6) is 0 Å². The van der Waals surface area contributed by atoms with Gasteiger partial charge in [0.15, 0.2) is 0 Å². The standard InChI is InChI=1S/C13H26N2O/c1-3-11-6-5-8-15(11)13-10-16-9-7-12(13)14-4-2/h11-14H,3-10H2,1-2H3. The summed E-state index contributed by atoms with van der Waals surface area (Å²) in [5.41, 5.74) is 0. The first-order chi connectivity index (χ1) is 7.86. The van der Waals surface area contributed by atoms with Gasteiger partial charge < -0.3 is 10.1 Å². The van der Waals surface area contributed by atoms with E-state index in [2.05, 4.69) is 24.1 Å². The molecule has 2 fully saturated rings. The lowest BCUT2D eigenvalue weighted by Crippen LogP contribution is -2.56. The molecule has 1 N–H and O–H groups in total. The average Bonchev–Trinajstić information content (AvgIpc) is 2.78. The minimum Gasteiger partial charge on any atom is -0.380 e. The van der Waals surface area contributed by atoms with Gasteiger partial charge in [0.25, 0.3) is 0 Å². The number of hydrogen-bond donors (Lipinski definition) is 1. The summed E-state index contributed by atoms with van der Waals surface area (Å²) in [6.07, 6.45) is 5.21. The Morgan fingerprint density at radius 2 is 2.19 bits per heavy atom. The van der Waals surface area contributed by atoms with Crippen molar-refractivity contribution in [3.63, 3.8) is 0 Å². The SMILES string of the molecule is CCNC1CCOCC1N1CCCC1CC. The predicted octanol–water partition coefficient (Wildman–Crippen LogP) is 1.63. The zero-order valence-electron chi connectivity index (χ0n) is 10.7. The van der Waals surface area contributed by atoms with Crippen LogP contribution in [0.25, 0.3) is 0 Å². The van der Waals surface area contributed by atoms with E-state index in [1.165, 1.54) is 32.2 Å². The maximum absolute atomic E-state index is 5.68. The topological polar surface area (TPSA) is 24.5 Å². The molecule has 3 heteroatoms. The highest BCUT2D eigenvalue weighted by atomic mass is 16.5. The van der Waals surface area contributed by atoms with Crippen LogP contribution in [0.4, 0.5) is 0 Å². The number of hydrogen-bond acceptors (Lipinski definition) is 3. The highest BCUT2D eigenvalue weighted by molar-refractivity contribution is 4.92. The van der Waals surface area contributed by atoms with E-state index in [9.17, 15) is 0 Å². The van der Waals surface area contributed by atoms with Crippen molar-refractivity contribution < 1.29 is 4.74 Å². The van der Waals surface area contributed by atoms with Crippen LogP contribution in [0.3, 0.4) is 0 Å². The Hall–Kier alpha value is -0.120. The fourth-order valence-electron chi connectivity index (χ4n) is 3.28. The van der Waals surface area contributed by atoms with E-state index >= 15 is 0 Å². The third kappa shape index (κ3) is 2.58. The van der Waals surface area contributed by atoms with Crippen LogP contribution in [-0.4, -0.2) is 49.3 Å². The van der Waals surface area contributed by atoms with Crippen molar-refractivity contribution in [2.75, 3.05) is 26.3 Å². The number of ether oxygens (including phenoxy) is 1. The lowest BCUT2D eigenvalue weighted by Gasteiger charge is -2.40. The van der Waals surface area contributed by atoms with Gasteiger partial charge >= 0.3 is 0 Å². The van der Waals surface area contributed by atoms with E-state index in [-0.39, 0.29) is 0 Å². The van der Waals surface area contributed by atoms with Crippen molar-refractivity contribution in [2.45, 2.75) is 57.7 Å². The first-order valence-electron chi connectivity index (χ1n) is 6.93. The molecule has 0 aromatic rings. The minimum atomic E-state index is 0.612. The van der Waals surface area contributed by atoms with Crippen molar-refractivity contribution in [3.05, 3.63) is 0 Å². The van der Waals surface area contributed by atoms with Crippen molar-refractivity contribution in [1.82, 2.24) is 10.2 Å². The van der Waals surface area contributed by atoms with Crippen LogP contribution in [0.15, 0.2) is 0 Å². The van der Waals surface area contributed by atoms with Crippen molar-refractivity contribution in [1.29, 1.82) is 0 Å². The molecule has 0 aromatic carbocycles. The second kappa shape index (κ2) is 5.99. The van der Waals surface area contributed by atoms with Gasteiger partial charge in [0.05, 0.1) is 6.61 Å². The second-order valence-electron chi connectivity index (χ2n) is 5.04. The zero-order chi connectivity index (χ0) is 11.4. The lowest BCUT2D eigenvalue weighted by molar-refractivity contribution is -0.00803. The monoisotopic (exact) mass is 226 g/mol. The Morgan fingerprint density at radius 3 is 2.94 bits per heavy atom. The number of likely N-dealkylation sites (tertiary alicyclic amines) is 1. The fourth-order valence-corrected chi connectivity index (χ4v) is 3.28. The average molecular weight is 226 g/mol.